The van der Waals surface area contributed by atoms with Crippen LogP contribution in [-0.4, -0.2) is 89.2 Å². The van der Waals surface area contributed by atoms with E-state index in [0.29, 0.717) is 37.1 Å². The van der Waals surface area contributed by atoms with E-state index in [1.165, 1.54) is 11.1 Å². The fourth-order valence-corrected chi connectivity index (χ4v) is 6.93. The van der Waals surface area contributed by atoms with Gasteiger partial charge in [-0.15, -0.1) is 0 Å². The zero-order valence-corrected chi connectivity index (χ0v) is 17.9. The van der Waals surface area contributed by atoms with Gasteiger partial charge in [0.15, 0.2) is 0 Å². The summed E-state index contributed by atoms with van der Waals surface area (Å²) in [5.74, 6) is 0.120. The summed E-state index contributed by atoms with van der Waals surface area (Å²) in [5, 5.41) is 26.3. The summed E-state index contributed by atoms with van der Waals surface area (Å²) >= 11 is 0. The van der Waals surface area contributed by atoms with Gasteiger partial charge in [0.1, 0.15) is 12.3 Å². The predicted molar refractivity (Wildman–Crippen MR) is 114 cm³/mol. The van der Waals surface area contributed by atoms with E-state index in [-0.39, 0.29) is 24.8 Å². The Morgan fingerprint density at radius 3 is 3.03 bits per heavy atom. The first-order valence-electron chi connectivity index (χ1n) is 11.6. The Labute approximate surface area is 182 Å². The molecule has 0 aromatic heterocycles. The van der Waals surface area contributed by atoms with Gasteiger partial charge in [-0.1, -0.05) is 6.07 Å². The van der Waals surface area contributed by atoms with E-state index in [1.54, 1.807) is 0 Å². The normalized spacial score (nSPS) is 41.6. The second-order valence-corrected chi connectivity index (χ2v) is 9.90. The molecule has 8 heteroatoms. The maximum atomic E-state index is 12.7. The van der Waals surface area contributed by atoms with Crippen LogP contribution >= 0.6 is 0 Å². The van der Waals surface area contributed by atoms with Gasteiger partial charge in [0.05, 0.1) is 18.8 Å². The quantitative estimate of drug-likeness (QED) is 0.541. The van der Waals surface area contributed by atoms with Crippen LogP contribution in [0.3, 0.4) is 0 Å². The second-order valence-electron chi connectivity index (χ2n) is 9.90. The third kappa shape index (κ3) is 3.00. The van der Waals surface area contributed by atoms with Gasteiger partial charge in [0.25, 0.3) is 0 Å². The fraction of sp³-hybridized carbons (Fsp3) is 0.696. The number of rotatable bonds is 3. The lowest BCUT2D eigenvalue weighted by Crippen LogP contribution is -2.64. The molecule has 4 N–H and O–H groups in total. The number of benzene rings is 1. The van der Waals surface area contributed by atoms with Crippen LogP contribution in [0.5, 0.6) is 0 Å². The number of aliphatic hydroxyl groups is 2. The Morgan fingerprint density at radius 1 is 1.35 bits per heavy atom. The van der Waals surface area contributed by atoms with Crippen LogP contribution in [0.15, 0.2) is 18.2 Å². The molecule has 0 saturated carbocycles. The number of aliphatic hydroxyl groups excluding tert-OH is 2. The number of hydrogen-bond acceptors (Lipinski definition) is 7. The summed E-state index contributed by atoms with van der Waals surface area (Å²) in [6.45, 7) is 1.64. The molecule has 5 aliphatic heterocycles. The SMILES string of the molecule is CN1[C@@H]2C[C@H](CO)[C@H]1C1Cc3ccc(NC(=O)[C@H]4NCCC[C@H]4O)cc3[C@H]3CO[C@@H]2N13. The molecule has 0 aliphatic carbocycles. The van der Waals surface area contributed by atoms with E-state index >= 15 is 0 Å². The molecule has 5 aliphatic rings. The highest BCUT2D eigenvalue weighted by Crippen LogP contribution is 2.51. The molecule has 8 nitrogen and oxygen atoms in total. The van der Waals surface area contributed by atoms with Crippen LogP contribution in [0.4, 0.5) is 5.69 Å². The van der Waals surface area contributed by atoms with Crippen molar-refractivity contribution in [3.63, 3.8) is 0 Å². The second kappa shape index (κ2) is 7.50. The number of nitrogens with zero attached hydrogens (tertiary/aromatic N) is 2. The number of likely N-dealkylation sites (N-methyl/N-ethyl adjacent to an activating group) is 1. The van der Waals surface area contributed by atoms with E-state index in [1.807, 2.05) is 6.07 Å². The first kappa shape index (κ1) is 20.1. The minimum absolute atomic E-state index is 0.0702. The fourth-order valence-electron chi connectivity index (χ4n) is 6.93. The van der Waals surface area contributed by atoms with Crippen LogP contribution in [0.1, 0.15) is 36.4 Å². The van der Waals surface area contributed by atoms with Gasteiger partial charge in [0, 0.05) is 36.3 Å². The molecule has 6 rings (SSSR count). The van der Waals surface area contributed by atoms with E-state index < -0.39 is 12.1 Å². The van der Waals surface area contributed by atoms with Crippen LogP contribution in [0, 0.1) is 5.92 Å². The molecule has 31 heavy (non-hydrogen) atoms. The predicted octanol–water partition coefficient (Wildman–Crippen LogP) is 0.0569. The molecule has 0 spiro atoms. The standard InChI is InChI=1S/C23H32N4O4/c1-26-17-8-13(10-28)21(26)16-7-12-4-5-14(9-15(12)18-11-31-23(17)27(16)18)25-22(30)20-19(29)3-2-6-24-20/h4-5,9,13,16-21,23-24,28-29H,2-3,6-8,10-11H2,1H3,(H,25,30)/t13-,16?,17-,18-,19-,20+,21+,23+/m1/s1. The van der Waals surface area contributed by atoms with Crippen molar-refractivity contribution in [2.75, 3.05) is 32.1 Å². The summed E-state index contributed by atoms with van der Waals surface area (Å²) in [4.78, 5) is 17.7. The van der Waals surface area contributed by atoms with Crippen molar-refractivity contribution in [3.05, 3.63) is 29.3 Å². The zero-order chi connectivity index (χ0) is 21.3. The average Bonchev–Trinajstić information content (AvgIpc) is 3.31. The summed E-state index contributed by atoms with van der Waals surface area (Å²) in [6, 6.07) is 6.85. The molecule has 2 bridgehead atoms. The Hall–Kier alpha value is -1.55. The molecule has 0 radical (unpaired) electrons. The highest BCUT2D eigenvalue weighted by atomic mass is 16.5. The first-order valence-corrected chi connectivity index (χ1v) is 11.6. The van der Waals surface area contributed by atoms with Gasteiger partial charge in [-0.2, -0.15) is 0 Å². The Bertz CT molecular complexity index is 881. The number of piperazine rings is 1. The average molecular weight is 429 g/mol. The minimum Gasteiger partial charge on any atom is -0.396 e. The minimum atomic E-state index is -0.642. The topological polar surface area (TPSA) is 97.3 Å². The number of nitrogens with one attached hydrogen (secondary N) is 2. The van der Waals surface area contributed by atoms with Crippen molar-refractivity contribution in [3.8, 4) is 0 Å². The molecule has 4 saturated heterocycles. The lowest BCUT2D eigenvalue weighted by Gasteiger charge is -2.51. The van der Waals surface area contributed by atoms with Crippen LogP contribution in [0.25, 0.3) is 0 Å². The first-order chi connectivity index (χ1) is 15.1. The summed E-state index contributed by atoms with van der Waals surface area (Å²) in [7, 11) is 2.18. The molecule has 1 unspecified atom stereocenters. The molecule has 4 fully saturated rings. The Balaban J connectivity index is 1.27. The van der Waals surface area contributed by atoms with Crippen molar-refractivity contribution < 1.29 is 19.7 Å². The number of fused-ring (bicyclic) bond motifs is 6. The van der Waals surface area contributed by atoms with Gasteiger partial charge >= 0.3 is 0 Å². The van der Waals surface area contributed by atoms with Crippen molar-refractivity contribution in [1.82, 2.24) is 15.1 Å². The maximum Gasteiger partial charge on any atom is 0.244 e. The molecular weight excluding hydrogens is 396 g/mol. The molecule has 1 amide bonds. The third-order valence-corrected chi connectivity index (χ3v) is 8.35. The summed E-state index contributed by atoms with van der Waals surface area (Å²) in [6.07, 6.45) is 2.88. The van der Waals surface area contributed by atoms with Crippen LogP contribution in [0.2, 0.25) is 0 Å². The van der Waals surface area contributed by atoms with Crippen LogP contribution < -0.4 is 10.6 Å². The largest absolute Gasteiger partial charge is 0.396 e. The summed E-state index contributed by atoms with van der Waals surface area (Å²) < 4.78 is 6.32. The number of carbonyl (C=O) groups is 1. The molecule has 1 aromatic carbocycles. The lowest BCUT2D eigenvalue weighted by molar-refractivity contribution is -0.121. The van der Waals surface area contributed by atoms with E-state index in [4.69, 9.17) is 4.74 Å². The number of ether oxygens (including phenoxy) is 1. The number of anilines is 1. The van der Waals surface area contributed by atoms with Gasteiger partial charge in [-0.05, 0) is 62.5 Å². The van der Waals surface area contributed by atoms with Crippen molar-refractivity contribution in [2.45, 2.75) is 68.2 Å². The number of hydrogen-bond donors (Lipinski definition) is 4. The molecule has 1 aromatic rings. The Morgan fingerprint density at radius 2 is 2.23 bits per heavy atom. The number of carbonyl (C=O) groups excluding carboxylic acids is 1. The van der Waals surface area contributed by atoms with E-state index in [9.17, 15) is 15.0 Å². The number of amides is 1. The monoisotopic (exact) mass is 428 g/mol. The van der Waals surface area contributed by atoms with Gasteiger partial charge < -0.3 is 25.6 Å². The zero-order valence-electron chi connectivity index (χ0n) is 17.9. The van der Waals surface area contributed by atoms with E-state index in [0.717, 1.165) is 31.5 Å². The van der Waals surface area contributed by atoms with Gasteiger partial charge in [-0.3, -0.25) is 14.6 Å². The Kier molecular flexibility index (Phi) is 4.86. The highest BCUT2D eigenvalue weighted by Gasteiger charge is 2.60. The van der Waals surface area contributed by atoms with Gasteiger partial charge in [0.2, 0.25) is 5.91 Å². The molecule has 8 atom stereocenters. The van der Waals surface area contributed by atoms with Crippen molar-refractivity contribution in [1.29, 1.82) is 0 Å². The summed E-state index contributed by atoms with van der Waals surface area (Å²) in [5.41, 5.74) is 3.31. The van der Waals surface area contributed by atoms with Gasteiger partial charge in [-0.25, -0.2) is 0 Å². The highest BCUT2D eigenvalue weighted by molar-refractivity contribution is 5.95. The number of piperidine rings is 1. The van der Waals surface area contributed by atoms with Crippen molar-refractivity contribution >= 4 is 11.6 Å². The smallest absolute Gasteiger partial charge is 0.244 e. The molecule has 5 heterocycles. The third-order valence-electron chi connectivity index (χ3n) is 8.35. The maximum absolute atomic E-state index is 12.7. The van der Waals surface area contributed by atoms with E-state index in [2.05, 4.69) is 39.6 Å². The lowest BCUT2D eigenvalue weighted by atomic mass is 9.82. The molecule has 168 valence electrons. The van der Waals surface area contributed by atoms with Crippen molar-refractivity contribution in [2.24, 2.45) is 5.92 Å². The van der Waals surface area contributed by atoms with Crippen LogP contribution in [-0.2, 0) is 16.0 Å². The molecular formula is C23H32N4O4.